The number of carboxylic acids is 1. The Kier molecular flexibility index (Phi) is 6.27. The van der Waals surface area contributed by atoms with E-state index in [4.69, 9.17) is 9.84 Å². The summed E-state index contributed by atoms with van der Waals surface area (Å²) in [6.45, 7) is 0.572. The van der Waals surface area contributed by atoms with Gasteiger partial charge in [-0.2, -0.15) is 13.2 Å². The van der Waals surface area contributed by atoms with Gasteiger partial charge in [0, 0.05) is 0 Å². The van der Waals surface area contributed by atoms with E-state index in [1.807, 2.05) is 0 Å². The van der Waals surface area contributed by atoms with Crippen molar-refractivity contribution in [2.45, 2.75) is 44.7 Å². The second-order valence-corrected chi connectivity index (χ2v) is 7.33. The number of benzene rings is 2. The Morgan fingerprint density at radius 2 is 1.68 bits per heavy atom. The second-order valence-electron chi connectivity index (χ2n) is 7.33. The maximum Gasteiger partial charge on any atom is 0.416 e. The van der Waals surface area contributed by atoms with Gasteiger partial charge in [0.25, 0.3) is 0 Å². The Labute approximate surface area is 162 Å². The molecular weight excluding hydrogens is 369 g/mol. The largest absolute Gasteiger partial charge is 0.493 e. The molecule has 1 aliphatic rings. The van der Waals surface area contributed by atoms with E-state index in [1.54, 1.807) is 18.2 Å². The van der Waals surface area contributed by atoms with E-state index in [9.17, 15) is 18.0 Å². The van der Waals surface area contributed by atoms with Gasteiger partial charge in [-0.25, -0.2) is 0 Å². The van der Waals surface area contributed by atoms with Gasteiger partial charge in [-0.3, -0.25) is 4.79 Å². The number of ether oxygens (including phenoxy) is 1. The first-order chi connectivity index (χ1) is 13.3. The van der Waals surface area contributed by atoms with Gasteiger partial charge in [-0.1, -0.05) is 37.5 Å². The van der Waals surface area contributed by atoms with E-state index >= 15 is 0 Å². The van der Waals surface area contributed by atoms with Crippen molar-refractivity contribution >= 4 is 5.97 Å². The molecule has 3 rings (SSSR count). The number of halogens is 3. The third kappa shape index (κ3) is 5.50. The summed E-state index contributed by atoms with van der Waals surface area (Å²) in [7, 11) is 0. The number of carboxylic acid groups (broad SMARTS) is 1. The Morgan fingerprint density at radius 3 is 2.29 bits per heavy atom. The van der Waals surface area contributed by atoms with Crippen LogP contribution in [0.15, 0.2) is 42.5 Å². The monoisotopic (exact) mass is 392 g/mol. The normalized spacial score (nSPS) is 15.4. The lowest BCUT2D eigenvalue weighted by Crippen LogP contribution is -2.15. The van der Waals surface area contributed by atoms with Crippen LogP contribution in [0.3, 0.4) is 0 Å². The van der Waals surface area contributed by atoms with Crippen molar-refractivity contribution in [2.24, 2.45) is 5.92 Å². The molecule has 0 saturated heterocycles. The Morgan fingerprint density at radius 1 is 1.00 bits per heavy atom. The van der Waals surface area contributed by atoms with E-state index in [2.05, 4.69) is 0 Å². The molecule has 1 fully saturated rings. The number of rotatable bonds is 6. The molecule has 1 aliphatic carbocycles. The van der Waals surface area contributed by atoms with Crippen LogP contribution in [0.4, 0.5) is 13.2 Å². The SMILES string of the molecule is O=C(O)Cc1cc(OCC2CCCCC2)cc(-c2ccc(C(F)(F)F)cc2)c1. The zero-order valence-corrected chi connectivity index (χ0v) is 15.5. The van der Waals surface area contributed by atoms with Crippen molar-refractivity contribution in [3.63, 3.8) is 0 Å². The van der Waals surface area contributed by atoms with Crippen LogP contribution in [-0.2, 0) is 17.4 Å². The van der Waals surface area contributed by atoms with Crippen LogP contribution in [0.1, 0.15) is 43.2 Å². The second kappa shape index (κ2) is 8.67. The molecule has 0 amide bonds. The van der Waals surface area contributed by atoms with Crippen LogP contribution in [-0.4, -0.2) is 17.7 Å². The fourth-order valence-corrected chi connectivity index (χ4v) is 3.61. The van der Waals surface area contributed by atoms with Crippen molar-refractivity contribution in [1.82, 2.24) is 0 Å². The summed E-state index contributed by atoms with van der Waals surface area (Å²) in [6.07, 6.45) is 1.34. The molecule has 1 N–H and O–H groups in total. The molecule has 6 heteroatoms. The minimum atomic E-state index is -4.39. The highest BCUT2D eigenvalue weighted by Gasteiger charge is 2.30. The van der Waals surface area contributed by atoms with Gasteiger partial charge in [-0.15, -0.1) is 0 Å². The van der Waals surface area contributed by atoms with Crippen LogP contribution in [0, 0.1) is 5.92 Å². The van der Waals surface area contributed by atoms with E-state index in [-0.39, 0.29) is 6.42 Å². The minimum absolute atomic E-state index is 0.172. The molecule has 2 aromatic rings. The predicted octanol–water partition coefficient (Wildman–Crippen LogP) is 5.96. The summed E-state index contributed by atoms with van der Waals surface area (Å²) >= 11 is 0. The Bertz CT molecular complexity index is 807. The molecule has 0 heterocycles. The van der Waals surface area contributed by atoms with Crippen LogP contribution >= 0.6 is 0 Å². The maximum atomic E-state index is 12.8. The molecule has 0 bridgehead atoms. The van der Waals surface area contributed by atoms with Gasteiger partial charge in [0.15, 0.2) is 0 Å². The first kappa shape index (κ1) is 20.2. The van der Waals surface area contributed by atoms with Crippen LogP contribution in [0.25, 0.3) is 11.1 Å². The van der Waals surface area contributed by atoms with Gasteiger partial charge >= 0.3 is 12.1 Å². The number of hydrogen-bond donors (Lipinski definition) is 1. The van der Waals surface area contributed by atoms with Crippen molar-refractivity contribution in [2.75, 3.05) is 6.61 Å². The lowest BCUT2D eigenvalue weighted by atomic mass is 9.90. The molecule has 1 saturated carbocycles. The highest BCUT2D eigenvalue weighted by atomic mass is 19.4. The molecule has 0 radical (unpaired) electrons. The van der Waals surface area contributed by atoms with Crippen molar-refractivity contribution in [3.05, 3.63) is 53.6 Å². The number of hydrogen-bond acceptors (Lipinski definition) is 2. The molecular formula is C22H23F3O3. The number of aliphatic carboxylic acids is 1. The molecule has 0 unspecified atom stereocenters. The molecule has 0 aromatic heterocycles. The summed E-state index contributed by atoms with van der Waals surface area (Å²) in [5, 5.41) is 9.11. The maximum absolute atomic E-state index is 12.8. The van der Waals surface area contributed by atoms with Gasteiger partial charge < -0.3 is 9.84 Å². The van der Waals surface area contributed by atoms with E-state index < -0.39 is 17.7 Å². The molecule has 0 aliphatic heterocycles. The van der Waals surface area contributed by atoms with E-state index in [1.165, 1.54) is 31.4 Å². The van der Waals surface area contributed by atoms with Crippen molar-refractivity contribution in [3.8, 4) is 16.9 Å². The third-order valence-corrected chi connectivity index (χ3v) is 5.08. The molecule has 3 nitrogen and oxygen atoms in total. The van der Waals surface area contributed by atoms with Crippen LogP contribution < -0.4 is 4.74 Å². The topological polar surface area (TPSA) is 46.5 Å². The average Bonchev–Trinajstić information content (AvgIpc) is 2.66. The minimum Gasteiger partial charge on any atom is -0.493 e. The molecule has 150 valence electrons. The zero-order chi connectivity index (χ0) is 20.1. The molecule has 28 heavy (non-hydrogen) atoms. The van der Waals surface area contributed by atoms with Crippen LogP contribution in [0.2, 0.25) is 0 Å². The highest BCUT2D eigenvalue weighted by Crippen LogP contribution is 2.33. The summed E-state index contributed by atoms with van der Waals surface area (Å²) in [6, 6.07) is 10.00. The van der Waals surface area contributed by atoms with Gasteiger partial charge in [0.2, 0.25) is 0 Å². The quantitative estimate of drug-likeness (QED) is 0.660. The fourth-order valence-electron chi connectivity index (χ4n) is 3.61. The molecule has 0 atom stereocenters. The van der Waals surface area contributed by atoms with Gasteiger partial charge in [-0.05, 0) is 59.7 Å². The van der Waals surface area contributed by atoms with Crippen LogP contribution in [0.5, 0.6) is 5.75 Å². The van der Waals surface area contributed by atoms with E-state index in [0.717, 1.165) is 25.0 Å². The molecule has 0 spiro atoms. The Hall–Kier alpha value is -2.50. The van der Waals surface area contributed by atoms with Crippen molar-refractivity contribution < 1.29 is 27.8 Å². The fraction of sp³-hybridized carbons (Fsp3) is 0.409. The first-order valence-electron chi connectivity index (χ1n) is 9.47. The summed E-state index contributed by atoms with van der Waals surface area (Å²) in [5.74, 6) is 0.0772. The predicted molar refractivity (Wildman–Crippen MR) is 100 cm³/mol. The standard InChI is InChI=1S/C22H23F3O3/c23-22(24,25)19-8-6-17(7-9-19)18-10-16(12-21(26)27)11-20(13-18)28-14-15-4-2-1-3-5-15/h6-11,13,15H,1-5,12,14H2,(H,26,27). The highest BCUT2D eigenvalue weighted by molar-refractivity contribution is 5.73. The number of carbonyl (C=O) groups is 1. The number of alkyl halides is 3. The smallest absolute Gasteiger partial charge is 0.416 e. The van der Waals surface area contributed by atoms with E-state index in [0.29, 0.717) is 35.0 Å². The average molecular weight is 392 g/mol. The lowest BCUT2D eigenvalue weighted by molar-refractivity contribution is -0.138. The van der Waals surface area contributed by atoms with Crippen molar-refractivity contribution in [1.29, 1.82) is 0 Å². The lowest BCUT2D eigenvalue weighted by Gasteiger charge is -2.22. The zero-order valence-electron chi connectivity index (χ0n) is 15.5. The van der Waals surface area contributed by atoms with Gasteiger partial charge in [0.1, 0.15) is 5.75 Å². The Balaban J connectivity index is 1.83. The third-order valence-electron chi connectivity index (χ3n) is 5.08. The first-order valence-corrected chi connectivity index (χ1v) is 9.47. The molecule has 2 aromatic carbocycles. The van der Waals surface area contributed by atoms with Gasteiger partial charge in [0.05, 0.1) is 18.6 Å². The summed E-state index contributed by atoms with van der Waals surface area (Å²) in [4.78, 5) is 11.1. The summed E-state index contributed by atoms with van der Waals surface area (Å²) in [5.41, 5.74) is 1.07. The summed E-state index contributed by atoms with van der Waals surface area (Å²) < 4.78 is 44.3.